The lowest BCUT2D eigenvalue weighted by molar-refractivity contribution is 0.0703. The smallest absolute Gasteiger partial charge is 0.259 e. The minimum absolute atomic E-state index is 0.0420. The molecule has 2 fully saturated rings. The number of piperidine rings is 1. The van der Waals surface area contributed by atoms with Gasteiger partial charge in [-0.2, -0.15) is 0 Å². The molecule has 1 aromatic carbocycles. The topological polar surface area (TPSA) is 85.2 Å². The molecule has 32 heavy (non-hydrogen) atoms. The van der Waals surface area contributed by atoms with Gasteiger partial charge in [-0.15, -0.1) is 0 Å². The van der Waals surface area contributed by atoms with Gasteiger partial charge in [0.25, 0.3) is 11.8 Å². The van der Waals surface area contributed by atoms with E-state index in [0.29, 0.717) is 45.9 Å². The number of aryl methyl sites for hydroxylation is 1. The molecule has 0 radical (unpaired) electrons. The molecular weight excluding hydrogens is 408 g/mol. The number of amides is 2. The summed E-state index contributed by atoms with van der Waals surface area (Å²) in [6.45, 7) is 2.67. The Kier molecular flexibility index (Phi) is 5.00. The molecule has 5 rings (SSSR count). The summed E-state index contributed by atoms with van der Waals surface area (Å²) in [6, 6.07) is 7.17. The van der Waals surface area contributed by atoms with Crippen molar-refractivity contribution >= 4 is 23.1 Å². The molecule has 1 saturated carbocycles. The van der Waals surface area contributed by atoms with Gasteiger partial charge in [-0.25, -0.2) is 4.98 Å². The second-order valence-electron chi connectivity index (χ2n) is 8.54. The average Bonchev–Trinajstić information content (AvgIpc) is 3.52. The summed E-state index contributed by atoms with van der Waals surface area (Å²) in [6.07, 6.45) is 7.04. The van der Waals surface area contributed by atoms with Gasteiger partial charge in [-0.3, -0.25) is 9.59 Å². The Hall–Kier alpha value is -3.55. The second kappa shape index (κ2) is 7.85. The first kappa shape index (κ1) is 20.4. The van der Waals surface area contributed by atoms with Crippen molar-refractivity contribution in [3.05, 3.63) is 53.5 Å². The molecule has 1 aliphatic carbocycles. The van der Waals surface area contributed by atoms with E-state index in [1.165, 1.54) is 20.6 Å². The Morgan fingerprint density at radius 3 is 2.72 bits per heavy atom. The van der Waals surface area contributed by atoms with Crippen LogP contribution in [0, 0.1) is 12.8 Å². The lowest BCUT2D eigenvalue weighted by atomic mass is 10.1. The van der Waals surface area contributed by atoms with Crippen LogP contribution in [0.5, 0.6) is 11.5 Å². The van der Waals surface area contributed by atoms with Crippen molar-refractivity contribution in [2.24, 2.45) is 5.92 Å². The molecule has 1 saturated heterocycles. The number of benzene rings is 1. The van der Waals surface area contributed by atoms with Crippen LogP contribution < -0.4 is 14.8 Å². The number of fused-ring (bicyclic) bond motifs is 3. The largest absolute Gasteiger partial charge is 0.493 e. The molecule has 2 aliphatic rings. The first-order chi connectivity index (χ1) is 15.5. The zero-order valence-electron chi connectivity index (χ0n) is 18.4. The van der Waals surface area contributed by atoms with Gasteiger partial charge in [0.2, 0.25) is 0 Å². The van der Waals surface area contributed by atoms with Crippen LogP contribution in [-0.4, -0.2) is 52.9 Å². The number of carbonyl (C=O) groups excluding carboxylic acids is 2. The van der Waals surface area contributed by atoms with E-state index >= 15 is 0 Å². The van der Waals surface area contributed by atoms with E-state index in [2.05, 4.69) is 10.3 Å². The Morgan fingerprint density at radius 2 is 2.03 bits per heavy atom. The molecule has 166 valence electrons. The lowest BCUT2D eigenvalue weighted by Gasteiger charge is -2.27. The van der Waals surface area contributed by atoms with Gasteiger partial charge >= 0.3 is 0 Å². The van der Waals surface area contributed by atoms with Crippen LogP contribution in [0.1, 0.15) is 45.7 Å². The van der Waals surface area contributed by atoms with Crippen molar-refractivity contribution in [3.8, 4) is 11.5 Å². The van der Waals surface area contributed by atoms with Gasteiger partial charge in [-0.05, 0) is 56.4 Å². The normalized spacial score (nSPS) is 19.4. The maximum Gasteiger partial charge on any atom is 0.259 e. The highest BCUT2D eigenvalue weighted by Gasteiger charge is 2.40. The van der Waals surface area contributed by atoms with Gasteiger partial charge in [0.05, 0.1) is 31.2 Å². The van der Waals surface area contributed by atoms with Crippen LogP contribution in [0.4, 0.5) is 5.69 Å². The van der Waals surface area contributed by atoms with Crippen molar-refractivity contribution in [1.82, 2.24) is 14.3 Å². The Bertz CT molecular complexity index is 1220. The van der Waals surface area contributed by atoms with Crippen LogP contribution >= 0.6 is 0 Å². The van der Waals surface area contributed by atoms with Gasteiger partial charge in [0, 0.05) is 30.5 Å². The molecule has 8 heteroatoms. The summed E-state index contributed by atoms with van der Waals surface area (Å²) in [5.41, 5.74) is 2.66. The molecule has 0 unspecified atom stereocenters. The second-order valence-corrected chi connectivity index (χ2v) is 8.54. The van der Waals surface area contributed by atoms with E-state index in [4.69, 9.17) is 9.47 Å². The third-order valence-corrected chi connectivity index (χ3v) is 6.49. The zero-order chi connectivity index (χ0) is 22.4. The first-order valence-electron chi connectivity index (χ1n) is 10.8. The summed E-state index contributed by atoms with van der Waals surface area (Å²) in [5.74, 6) is 0.979. The number of aromatic nitrogens is 2. The third-order valence-electron chi connectivity index (χ3n) is 6.49. The van der Waals surface area contributed by atoms with Gasteiger partial charge in [-0.1, -0.05) is 0 Å². The fourth-order valence-electron chi connectivity index (χ4n) is 5.02. The van der Waals surface area contributed by atoms with Crippen molar-refractivity contribution in [2.45, 2.75) is 32.2 Å². The molecule has 1 N–H and O–H groups in total. The van der Waals surface area contributed by atoms with E-state index in [0.717, 1.165) is 25.1 Å². The molecule has 0 spiro atoms. The molecule has 3 heterocycles. The van der Waals surface area contributed by atoms with Crippen LogP contribution in [0.15, 0.2) is 36.7 Å². The van der Waals surface area contributed by atoms with E-state index in [1.54, 1.807) is 24.3 Å². The predicted molar refractivity (Wildman–Crippen MR) is 120 cm³/mol. The highest BCUT2D eigenvalue weighted by molar-refractivity contribution is 6.09. The molecule has 2 atom stereocenters. The summed E-state index contributed by atoms with van der Waals surface area (Å²) in [4.78, 5) is 32.9. The number of nitrogens with zero attached hydrogens (tertiary/aromatic N) is 3. The summed E-state index contributed by atoms with van der Waals surface area (Å²) in [5, 5.41) is 2.91. The summed E-state index contributed by atoms with van der Waals surface area (Å²) >= 11 is 0. The van der Waals surface area contributed by atoms with Crippen molar-refractivity contribution < 1.29 is 19.1 Å². The summed E-state index contributed by atoms with van der Waals surface area (Å²) in [7, 11) is 3.02. The number of hydrogen-bond donors (Lipinski definition) is 1. The molecule has 3 aromatic rings. The molecule has 2 amide bonds. The van der Waals surface area contributed by atoms with E-state index in [1.807, 2.05) is 28.6 Å². The number of carbonyl (C=O) groups is 2. The average molecular weight is 434 g/mol. The fourth-order valence-corrected chi connectivity index (χ4v) is 5.02. The maximum absolute atomic E-state index is 13.3. The number of pyridine rings is 1. The summed E-state index contributed by atoms with van der Waals surface area (Å²) < 4.78 is 12.8. The monoisotopic (exact) mass is 434 g/mol. The van der Waals surface area contributed by atoms with Gasteiger partial charge < -0.3 is 24.1 Å². The van der Waals surface area contributed by atoms with Gasteiger partial charge in [0.15, 0.2) is 11.5 Å². The van der Waals surface area contributed by atoms with Crippen LogP contribution in [0.25, 0.3) is 5.65 Å². The number of ether oxygens (including phenoxy) is 2. The predicted octanol–water partition coefficient (Wildman–Crippen LogP) is 3.54. The minimum Gasteiger partial charge on any atom is -0.493 e. The highest BCUT2D eigenvalue weighted by Crippen LogP contribution is 2.41. The SMILES string of the molecule is COc1cc(C(=O)N2C[C@H]3CC[C@H]2C3)cc(NC(=O)c2cccn3cc(C)nc23)c1OC. The van der Waals surface area contributed by atoms with Crippen molar-refractivity contribution in [1.29, 1.82) is 0 Å². The minimum atomic E-state index is -0.341. The third kappa shape index (κ3) is 3.36. The molecule has 2 bridgehead atoms. The fraction of sp³-hybridized carbons (Fsp3) is 0.375. The first-order valence-corrected chi connectivity index (χ1v) is 10.8. The number of hydrogen-bond acceptors (Lipinski definition) is 5. The Balaban J connectivity index is 1.50. The molecular formula is C24H26N4O4. The number of rotatable bonds is 5. The number of nitrogens with one attached hydrogen (secondary N) is 1. The van der Waals surface area contributed by atoms with E-state index < -0.39 is 0 Å². The zero-order valence-corrected chi connectivity index (χ0v) is 18.4. The maximum atomic E-state index is 13.3. The lowest BCUT2D eigenvalue weighted by Crippen LogP contribution is -2.37. The Labute approximate surface area is 186 Å². The van der Waals surface area contributed by atoms with Crippen molar-refractivity contribution in [2.75, 3.05) is 26.1 Å². The number of likely N-dealkylation sites (tertiary alicyclic amines) is 1. The number of methoxy groups -OCH3 is 2. The van der Waals surface area contributed by atoms with Gasteiger partial charge in [0.1, 0.15) is 5.65 Å². The van der Waals surface area contributed by atoms with Crippen LogP contribution in [0.3, 0.4) is 0 Å². The number of anilines is 1. The highest BCUT2D eigenvalue weighted by atomic mass is 16.5. The number of imidazole rings is 1. The van der Waals surface area contributed by atoms with Crippen LogP contribution in [0.2, 0.25) is 0 Å². The van der Waals surface area contributed by atoms with E-state index in [-0.39, 0.29) is 11.8 Å². The van der Waals surface area contributed by atoms with Crippen LogP contribution in [-0.2, 0) is 0 Å². The standard InChI is InChI=1S/C24H26N4O4/c1-14-12-27-8-4-5-18(22(27)25-14)23(29)26-19-10-16(11-20(31-2)21(19)32-3)24(30)28-13-15-6-7-17(28)9-15/h4-5,8,10-12,15,17H,6-7,9,13H2,1-3H3,(H,26,29)/t15-,17-/m0/s1. The van der Waals surface area contributed by atoms with E-state index in [9.17, 15) is 9.59 Å². The van der Waals surface area contributed by atoms with Crippen molar-refractivity contribution in [3.63, 3.8) is 0 Å². The molecule has 1 aliphatic heterocycles. The quantitative estimate of drug-likeness (QED) is 0.664. The molecule has 2 aromatic heterocycles. The molecule has 8 nitrogen and oxygen atoms in total. The Morgan fingerprint density at radius 1 is 1.19 bits per heavy atom.